The molecule has 0 aliphatic rings. The van der Waals surface area contributed by atoms with E-state index in [-0.39, 0.29) is 32.3 Å². The molecule has 0 bridgehead atoms. The van der Waals surface area contributed by atoms with Crippen molar-refractivity contribution in [3.63, 3.8) is 0 Å². The van der Waals surface area contributed by atoms with Gasteiger partial charge in [0.05, 0.1) is 0 Å². The van der Waals surface area contributed by atoms with Crippen LogP contribution in [0.3, 0.4) is 0 Å². The van der Waals surface area contributed by atoms with Crippen LogP contribution < -0.4 is 10.6 Å². The molecular weight excluding hydrogens is 607 g/mol. The molecule has 0 aliphatic carbocycles. The van der Waals surface area contributed by atoms with E-state index in [1.165, 1.54) is 11.1 Å². The molecule has 0 radical (unpaired) electrons. The van der Waals surface area contributed by atoms with E-state index in [2.05, 4.69) is 161 Å². The van der Waals surface area contributed by atoms with Crippen LogP contribution in [0.5, 0.6) is 0 Å². The van der Waals surface area contributed by atoms with Gasteiger partial charge in [-0.15, -0.1) is 0 Å². The molecular formula is C44H65O3P. The van der Waals surface area contributed by atoms with Gasteiger partial charge in [0.2, 0.25) is 0 Å². The van der Waals surface area contributed by atoms with Gasteiger partial charge in [0.15, 0.2) is 0 Å². The molecule has 4 aromatic rings. The maximum atomic E-state index is 12.9. The monoisotopic (exact) mass is 672 g/mol. The Balaban J connectivity index is 2.28. The molecule has 0 spiro atoms. The summed E-state index contributed by atoms with van der Waals surface area (Å²) in [6.45, 7) is 39.0. The Kier molecular flexibility index (Phi) is 8.91. The van der Waals surface area contributed by atoms with E-state index in [1.807, 2.05) is 12.1 Å². The Bertz CT molecular complexity index is 1760. The first-order valence-electron chi connectivity index (χ1n) is 17.7. The first kappa shape index (κ1) is 38.5. The first-order valence-corrected chi connectivity index (χ1v) is 19.8. The molecule has 4 heteroatoms. The van der Waals surface area contributed by atoms with Crippen LogP contribution in [0.2, 0.25) is 0 Å². The van der Waals surface area contributed by atoms with Crippen molar-refractivity contribution in [2.45, 2.75) is 157 Å². The van der Waals surface area contributed by atoms with E-state index in [4.69, 9.17) is 0 Å². The molecule has 0 atom stereocenters. The van der Waals surface area contributed by atoms with Gasteiger partial charge in [-0.2, -0.15) is 0 Å². The Morgan fingerprint density at radius 3 is 0.833 bits per heavy atom. The van der Waals surface area contributed by atoms with Crippen LogP contribution in [-0.2, 0) is 32.5 Å². The van der Waals surface area contributed by atoms with Crippen molar-refractivity contribution in [2.75, 3.05) is 0 Å². The van der Waals surface area contributed by atoms with Crippen molar-refractivity contribution in [2.24, 2.45) is 0 Å². The normalized spacial score (nSPS) is 15.2. The fraction of sp³-hybridized carbons (Fsp3) is 0.545. The van der Waals surface area contributed by atoms with E-state index in [0.717, 1.165) is 43.8 Å². The van der Waals surface area contributed by atoms with Crippen molar-refractivity contribution in [1.82, 2.24) is 0 Å². The third kappa shape index (κ3) is 7.14. The zero-order chi connectivity index (χ0) is 37.0. The fourth-order valence-electron chi connectivity index (χ4n) is 6.92. The van der Waals surface area contributed by atoms with Crippen molar-refractivity contribution in [1.29, 1.82) is 0 Å². The van der Waals surface area contributed by atoms with Crippen LogP contribution in [0.25, 0.3) is 21.5 Å². The molecule has 0 fully saturated rings. The first-order chi connectivity index (χ1) is 21.1. The Labute approximate surface area is 292 Å². The molecule has 0 heterocycles. The van der Waals surface area contributed by atoms with E-state index in [1.54, 1.807) is 0 Å². The Morgan fingerprint density at radius 2 is 0.604 bits per heavy atom. The molecule has 4 aromatic carbocycles. The second kappa shape index (κ2) is 11.1. The molecule has 3 nitrogen and oxygen atoms in total. The van der Waals surface area contributed by atoms with Crippen molar-refractivity contribution in [3.8, 4) is 0 Å². The Hall–Kier alpha value is -2.29. The van der Waals surface area contributed by atoms with Crippen LogP contribution in [0, 0.1) is 0 Å². The van der Waals surface area contributed by atoms with Crippen LogP contribution >= 0.6 is 7.28 Å². The molecule has 3 N–H and O–H groups in total. The second-order valence-corrected chi connectivity index (χ2v) is 23.6. The third-order valence-electron chi connectivity index (χ3n) is 9.99. The summed E-state index contributed by atoms with van der Waals surface area (Å²) in [5.41, 5.74) is 4.64. The number of hydrogen-bond donors (Lipinski definition) is 3. The predicted molar refractivity (Wildman–Crippen MR) is 213 cm³/mol. The summed E-state index contributed by atoms with van der Waals surface area (Å²) < 4.78 is 0. The predicted octanol–water partition coefficient (Wildman–Crippen LogP) is 11.0. The molecule has 0 unspecified atom stereocenters. The minimum absolute atomic E-state index is 0.0662. The molecule has 0 aliphatic heterocycles. The average molecular weight is 673 g/mol. The van der Waals surface area contributed by atoms with Gasteiger partial charge in [-0.25, -0.2) is 0 Å². The van der Waals surface area contributed by atoms with Crippen LogP contribution in [0.1, 0.15) is 158 Å². The van der Waals surface area contributed by atoms with E-state index >= 15 is 0 Å². The molecule has 48 heavy (non-hydrogen) atoms. The molecule has 0 saturated carbocycles. The van der Waals surface area contributed by atoms with Gasteiger partial charge in [0.1, 0.15) is 0 Å². The molecule has 0 amide bonds. The van der Waals surface area contributed by atoms with Gasteiger partial charge < -0.3 is 0 Å². The maximum absolute atomic E-state index is 12.9. The summed E-state index contributed by atoms with van der Waals surface area (Å²) in [5.74, 6) is 0. The van der Waals surface area contributed by atoms with E-state index in [9.17, 15) is 14.7 Å². The van der Waals surface area contributed by atoms with Gasteiger partial charge in [0, 0.05) is 0 Å². The zero-order valence-electron chi connectivity index (χ0n) is 33.4. The van der Waals surface area contributed by atoms with Crippen molar-refractivity contribution >= 4 is 39.4 Å². The van der Waals surface area contributed by atoms with Crippen LogP contribution in [0.4, 0.5) is 0 Å². The van der Waals surface area contributed by atoms with Crippen molar-refractivity contribution in [3.05, 3.63) is 81.9 Å². The van der Waals surface area contributed by atoms with E-state index in [0.29, 0.717) is 0 Å². The summed E-state index contributed by atoms with van der Waals surface area (Å²) in [7, 11) is -5.78. The topological polar surface area (TPSA) is 60.7 Å². The molecule has 4 rings (SSSR count). The summed E-state index contributed by atoms with van der Waals surface area (Å²) in [6, 6.07) is 17.0. The third-order valence-corrected chi connectivity index (χ3v) is 12.5. The summed E-state index contributed by atoms with van der Waals surface area (Å²) in [5, 5.41) is 4.42. The molecule has 0 saturated heterocycles. The van der Waals surface area contributed by atoms with Crippen LogP contribution in [0.15, 0.2) is 48.5 Å². The van der Waals surface area contributed by atoms with E-state index < -0.39 is 18.1 Å². The summed E-state index contributed by atoms with van der Waals surface area (Å²) >= 11 is 0. The number of hydrogen-bond acceptors (Lipinski definition) is 3. The van der Waals surface area contributed by atoms with Gasteiger partial charge in [-0.05, 0) is 0 Å². The number of fused-ring (bicyclic) bond motifs is 2. The SMILES string of the molecule is CC(C)(C)c1cc(C(C)(C)C)c2cc(P(O)(O)(O)c3cc4c(C(C)(C)C)cc(C(C)(C)C)cc4cc3C(C)(C)C)c(C(C)(C)C)cc2c1. The quantitative estimate of drug-likeness (QED) is 0.186. The van der Waals surface area contributed by atoms with Crippen molar-refractivity contribution < 1.29 is 14.7 Å². The second-order valence-electron chi connectivity index (χ2n) is 20.7. The number of rotatable bonds is 2. The summed E-state index contributed by atoms with van der Waals surface area (Å²) in [4.78, 5) is 38.8. The van der Waals surface area contributed by atoms with Gasteiger partial charge in [0.25, 0.3) is 0 Å². The van der Waals surface area contributed by atoms with Crippen LogP contribution in [-0.4, -0.2) is 14.7 Å². The van der Waals surface area contributed by atoms with Gasteiger partial charge in [-0.3, -0.25) is 0 Å². The molecule has 0 aromatic heterocycles. The van der Waals surface area contributed by atoms with Gasteiger partial charge >= 0.3 is 293 Å². The average Bonchev–Trinajstić information content (AvgIpc) is 2.86. The summed E-state index contributed by atoms with van der Waals surface area (Å²) in [6.07, 6.45) is 0. The number of benzene rings is 4. The fourth-order valence-corrected chi connectivity index (χ4v) is 9.60. The van der Waals surface area contributed by atoms with Gasteiger partial charge in [-0.1, -0.05) is 0 Å². The Morgan fingerprint density at radius 1 is 0.333 bits per heavy atom. The standard InChI is InChI=1S/C44H65O3P/c1-39(2,3)29-19-27-21-35(43(13,14)15)37(25-31(27)33(23-29)41(7,8)9)48(45,46,47)38-26-32-28(22-36(38)44(16,17)18)20-30(40(4,5)6)24-34(32)42(10,11)12/h19-26,45-47H,1-18H3. The zero-order valence-corrected chi connectivity index (χ0v) is 34.3. The molecule has 264 valence electrons. The minimum atomic E-state index is -5.78.